The smallest absolute Gasteiger partial charge is 0.0640 e. The third kappa shape index (κ3) is 2.62. The zero-order valence-electron chi connectivity index (χ0n) is 9.00. The first kappa shape index (κ1) is 12.0. The lowest BCUT2D eigenvalue weighted by Crippen LogP contribution is -2.36. The lowest BCUT2D eigenvalue weighted by molar-refractivity contribution is 0.209. The van der Waals surface area contributed by atoms with Crippen LogP contribution >= 0.6 is 23.2 Å². The monoisotopic (exact) mass is 259 g/mol. The van der Waals surface area contributed by atoms with Gasteiger partial charge in [-0.25, -0.2) is 0 Å². The SMILES string of the molecule is OCC1CCCN(c2cc(Cl)ccc2Cl)C1. The Bertz CT molecular complexity index is 370. The highest BCUT2D eigenvalue weighted by Crippen LogP contribution is 2.31. The molecule has 0 spiro atoms. The Balaban J connectivity index is 2.19. The van der Waals surface area contributed by atoms with E-state index in [1.54, 1.807) is 6.07 Å². The van der Waals surface area contributed by atoms with Crippen LogP contribution in [0.15, 0.2) is 18.2 Å². The van der Waals surface area contributed by atoms with E-state index in [2.05, 4.69) is 4.90 Å². The minimum Gasteiger partial charge on any atom is -0.396 e. The van der Waals surface area contributed by atoms with Crippen molar-refractivity contribution in [2.45, 2.75) is 12.8 Å². The molecule has 1 aromatic carbocycles. The number of halogens is 2. The maximum Gasteiger partial charge on any atom is 0.0640 e. The van der Waals surface area contributed by atoms with E-state index in [-0.39, 0.29) is 6.61 Å². The molecule has 1 aromatic rings. The number of piperidine rings is 1. The summed E-state index contributed by atoms with van der Waals surface area (Å²) in [6.07, 6.45) is 2.18. The predicted octanol–water partition coefficient (Wildman–Crippen LogP) is 3.20. The van der Waals surface area contributed by atoms with Crippen LogP contribution < -0.4 is 4.90 Å². The fraction of sp³-hybridized carbons (Fsp3) is 0.500. The second-order valence-corrected chi connectivity index (χ2v) is 5.08. The first-order chi connectivity index (χ1) is 7.70. The number of nitrogens with zero attached hydrogens (tertiary/aromatic N) is 1. The van der Waals surface area contributed by atoms with Crippen LogP contribution in [0, 0.1) is 5.92 Å². The summed E-state index contributed by atoms with van der Waals surface area (Å²) in [6.45, 7) is 2.09. The zero-order chi connectivity index (χ0) is 11.5. The molecule has 0 aliphatic carbocycles. The van der Waals surface area contributed by atoms with Crippen molar-refractivity contribution in [3.63, 3.8) is 0 Å². The first-order valence-corrected chi connectivity index (χ1v) is 6.27. The van der Waals surface area contributed by atoms with E-state index in [0.29, 0.717) is 10.9 Å². The number of hydrogen-bond acceptors (Lipinski definition) is 2. The van der Waals surface area contributed by atoms with Crippen molar-refractivity contribution in [3.8, 4) is 0 Å². The minimum absolute atomic E-state index is 0.245. The van der Waals surface area contributed by atoms with Crippen LogP contribution in [0.3, 0.4) is 0 Å². The summed E-state index contributed by atoms with van der Waals surface area (Å²) >= 11 is 12.1. The van der Waals surface area contributed by atoms with Crippen molar-refractivity contribution in [1.29, 1.82) is 0 Å². The second kappa shape index (κ2) is 5.26. The summed E-state index contributed by atoms with van der Waals surface area (Å²) in [7, 11) is 0. The summed E-state index contributed by atoms with van der Waals surface area (Å²) < 4.78 is 0. The molecule has 0 amide bonds. The van der Waals surface area contributed by atoms with Gasteiger partial charge >= 0.3 is 0 Å². The molecule has 88 valence electrons. The van der Waals surface area contributed by atoms with Crippen LogP contribution in [0.5, 0.6) is 0 Å². The molecule has 1 fully saturated rings. The van der Waals surface area contributed by atoms with Gasteiger partial charge in [0.25, 0.3) is 0 Å². The van der Waals surface area contributed by atoms with Crippen molar-refractivity contribution in [2.24, 2.45) is 5.92 Å². The molecule has 0 saturated carbocycles. The van der Waals surface area contributed by atoms with Crippen molar-refractivity contribution in [2.75, 3.05) is 24.6 Å². The lowest BCUT2D eigenvalue weighted by Gasteiger charge is -2.34. The van der Waals surface area contributed by atoms with E-state index in [4.69, 9.17) is 23.2 Å². The van der Waals surface area contributed by atoms with Crippen LogP contribution in [-0.4, -0.2) is 24.8 Å². The van der Waals surface area contributed by atoms with Crippen molar-refractivity contribution in [1.82, 2.24) is 0 Å². The summed E-state index contributed by atoms with van der Waals surface area (Å²) in [5.41, 5.74) is 0.979. The molecular weight excluding hydrogens is 245 g/mol. The molecule has 1 unspecified atom stereocenters. The molecule has 0 aromatic heterocycles. The molecule has 1 heterocycles. The first-order valence-electron chi connectivity index (χ1n) is 5.51. The van der Waals surface area contributed by atoms with Gasteiger partial charge in [0, 0.05) is 24.7 Å². The Morgan fingerprint density at radius 1 is 1.38 bits per heavy atom. The van der Waals surface area contributed by atoms with Gasteiger partial charge in [0.15, 0.2) is 0 Å². The average molecular weight is 260 g/mol. The maximum absolute atomic E-state index is 9.19. The number of aliphatic hydroxyl groups excluding tert-OH is 1. The summed E-state index contributed by atoms with van der Waals surface area (Å²) in [4.78, 5) is 2.21. The molecule has 4 heteroatoms. The predicted molar refractivity (Wildman–Crippen MR) is 68.5 cm³/mol. The highest BCUT2D eigenvalue weighted by Gasteiger charge is 2.20. The molecule has 1 saturated heterocycles. The van der Waals surface area contributed by atoms with Crippen LogP contribution in [0.2, 0.25) is 10.0 Å². The molecule has 1 atom stereocenters. The number of rotatable bonds is 2. The zero-order valence-corrected chi connectivity index (χ0v) is 10.5. The number of benzene rings is 1. The lowest BCUT2D eigenvalue weighted by atomic mass is 9.98. The highest BCUT2D eigenvalue weighted by molar-refractivity contribution is 6.35. The molecule has 0 radical (unpaired) electrons. The van der Waals surface area contributed by atoms with E-state index < -0.39 is 0 Å². The second-order valence-electron chi connectivity index (χ2n) is 4.23. The van der Waals surface area contributed by atoms with Gasteiger partial charge in [-0.1, -0.05) is 23.2 Å². The normalized spacial score (nSPS) is 21.2. The summed E-state index contributed by atoms with van der Waals surface area (Å²) in [5.74, 6) is 0.351. The topological polar surface area (TPSA) is 23.5 Å². The van der Waals surface area contributed by atoms with Gasteiger partial charge in [0.05, 0.1) is 10.7 Å². The quantitative estimate of drug-likeness (QED) is 0.882. The average Bonchev–Trinajstić information content (AvgIpc) is 2.32. The number of aliphatic hydroxyl groups is 1. The fourth-order valence-corrected chi connectivity index (χ4v) is 2.56. The van der Waals surface area contributed by atoms with Gasteiger partial charge in [-0.15, -0.1) is 0 Å². The van der Waals surface area contributed by atoms with Crippen LogP contribution in [0.25, 0.3) is 0 Å². The van der Waals surface area contributed by atoms with E-state index >= 15 is 0 Å². The Morgan fingerprint density at radius 2 is 2.19 bits per heavy atom. The number of hydrogen-bond donors (Lipinski definition) is 1. The Kier molecular flexibility index (Phi) is 3.95. The fourth-order valence-electron chi connectivity index (χ4n) is 2.16. The Morgan fingerprint density at radius 3 is 2.94 bits per heavy atom. The summed E-state index contributed by atoms with van der Waals surface area (Å²) in [6, 6.07) is 5.51. The van der Waals surface area contributed by atoms with Crippen LogP contribution in [-0.2, 0) is 0 Å². The molecule has 2 nitrogen and oxygen atoms in total. The van der Waals surface area contributed by atoms with E-state index in [1.807, 2.05) is 12.1 Å². The summed E-state index contributed by atoms with van der Waals surface area (Å²) in [5, 5.41) is 10.6. The molecular formula is C12H15Cl2NO. The molecule has 0 bridgehead atoms. The van der Waals surface area contributed by atoms with Gasteiger partial charge in [0.2, 0.25) is 0 Å². The van der Waals surface area contributed by atoms with Crippen molar-refractivity contribution < 1.29 is 5.11 Å². The third-order valence-corrected chi connectivity index (χ3v) is 3.58. The molecule has 2 rings (SSSR count). The van der Waals surface area contributed by atoms with Gasteiger partial charge in [-0.2, -0.15) is 0 Å². The third-order valence-electron chi connectivity index (χ3n) is 3.03. The number of anilines is 1. The van der Waals surface area contributed by atoms with E-state index in [1.165, 1.54) is 0 Å². The Labute approximate surface area is 106 Å². The van der Waals surface area contributed by atoms with Crippen molar-refractivity contribution >= 4 is 28.9 Å². The Hall–Kier alpha value is -0.440. The largest absolute Gasteiger partial charge is 0.396 e. The van der Waals surface area contributed by atoms with Crippen LogP contribution in [0.1, 0.15) is 12.8 Å². The molecule has 16 heavy (non-hydrogen) atoms. The molecule has 1 N–H and O–H groups in total. The van der Waals surface area contributed by atoms with E-state index in [9.17, 15) is 5.11 Å². The van der Waals surface area contributed by atoms with Crippen LogP contribution in [0.4, 0.5) is 5.69 Å². The van der Waals surface area contributed by atoms with Crippen molar-refractivity contribution in [3.05, 3.63) is 28.2 Å². The van der Waals surface area contributed by atoms with E-state index in [0.717, 1.165) is 36.6 Å². The molecule has 1 aliphatic rings. The minimum atomic E-state index is 0.245. The molecule has 1 aliphatic heterocycles. The standard InChI is InChI=1S/C12H15Cl2NO/c13-10-3-4-11(14)12(6-10)15-5-1-2-9(7-15)8-16/h3-4,6,9,16H,1-2,5,7-8H2. The van der Waals surface area contributed by atoms with Gasteiger partial charge in [0.1, 0.15) is 0 Å². The van der Waals surface area contributed by atoms with Gasteiger partial charge in [-0.3, -0.25) is 0 Å². The maximum atomic E-state index is 9.19. The highest BCUT2D eigenvalue weighted by atomic mass is 35.5. The van der Waals surface area contributed by atoms with Gasteiger partial charge in [-0.05, 0) is 37.0 Å². The van der Waals surface area contributed by atoms with Gasteiger partial charge < -0.3 is 10.0 Å².